The van der Waals surface area contributed by atoms with E-state index < -0.39 is 0 Å². The van der Waals surface area contributed by atoms with Crippen molar-refractivity contribution in [3.05, 3.63) is 55.7 Å². The van der Waals surface area contributed by atoms with Crippen LogP contribution in [0.1, 0.15) is 26.3 Å². The van der Waals surface area contributed by atoms with Crippen molar-refractivity contribution in [2.45, 2.75) is 6.54 Å². The third-order valence-electron chi connectivity index (χ3n) is 3.53. The van der Waals surface area contributed by atoms with Crippen LogP contribution in [0.4, 0.5) is 0 Å². The summed E-state index contributed by atoms with van der Waals surface area (Å²) in [6, 6.07) is 4.97. The minimum atomic E-state index is -0.316. The van der Waals surface area contributed by atoms with Gasteiger partial charge in [-0.3, -0.25) is 9.59 Å². The maximum atomic E-state index is 12.4. The highest BCUT2D eigenvalue weighted by atomic mass is 35.5. The van der Waals surface area contributed by atoms with Crippen LogP contribution >= 0.6 is 34.5 Å². The fourth-order valence-corrected chi connectivity index (χ4v) is 3.49. The largest absolute Gasteiger partial charge is 0.316 e. The Morgan fingerprint density at radius 3 is 2.23 bits per heavy atom. The molecule has 22 heavy (non-hydrogen) atoms. The molecule has 2 amide bonds. The summed E-state index contributed by atoms with van der Waals surface area (Å²) in [6.07, 6.45) is 0. The number of benzene rings is 1. The maximum Gasteiger partial charge on any atom is 0.266 e. The number of carbonyl (C=O) groups is 2. The van der Waals surface area contributed by atoms with Crippen LogP contribution in [0, 0.1) is 0 Å². The molecule has 0 saturated heterocycles. The molecule has 0 fully saturated rings. The van der Waals surface area contributed by atoms with Gasteiger partial charge < -0.3 is 4.90 Å². The Hall–Kier alpha value is -1.40. The molecule has 114 valence electrons. The summed E-state index contributed by atoms with van der Waals surface area (Å²) in [5.41, 5.74) is 1.83. The van der Waals surface area contributed by atoms with E-state index in [1.54, 1.807) is 11.3 Å². The highest BCUT2D eigenvalue weighted by Crippen LogP contribution is 2.31. The van der Waals surface area contributed by atoms with Crippen LogP contribution < -0.4 is 4.90 Å². The third kappa shape index (κ3) is 2.77. The molecule has 1 aliphatic rings. The summed E-state index contributed by atoms with van der Waals surface area (Å²) in [7, 11) is 1.95. The summed E-state index contributed by atoms with van der Waals surface area (Å²) in [5, 5.41) is 4.63. The molecule has 3 rings (SSSR count). The van der Waals surface area contributed by atoms with Crippen LogP contribution in [0.2, 0.25) is 10.0 Å². The molecule has 0 radical (unpaired) electrons. The molecule has 4 nitrogen and oxygen atoms in total. The van der Waals surface area contributed by atoms with E-state index >= 15 is 0 Å². The number of amides is 2. The lowest BCUT2D eigenvalue weighted by atomic mass is 10.1. The predicted molar refractivity (Wildman–Crippen MR) is 86.7 cm³/mol. The summed E-state index contributed by atoms with van der Waals surface area (Å²) in [5.74, 6) is -0.633. The van der Waals surface area contributed by atoms with Crippen molar-refractivity contribution in [1.29, 1.82) is 0 Å². The van der Waals surface area contributed by atoms with E-state index in [4.69, 9.17) is 23.2 Å². The van der Waals surface area contributed by atoms with Gasteiger partial charge in [0.15, 0.2) is 6.67 Å². The van der Waals surface area contributed by atoms with E-state index in [2.05, 4.69) is 5.38 Å². The quantitative estimate of drug-likeness (QED) is 0.855. The average molecular weight is 356 g/mol. The molecule has 0 spiro atoms. The first kappa shape index (κ1) is 15.5. The smallest absolute Gasteiger partial charge is 0.266 e. The number of imide groups is 1. The second-order valence-electron chi connectivity index (χ2n) is 5.27. The van der Waals surface area contributed by atoms with Gasteiger partial charge in [0, 0.05) is 5.56 Å². The van der Waals surface area contributed by atoms with Gasteiger partial charge >= 0.3 is 0 Å². The number of rotatable bonds is 4. The first-order chi connectivity index (χ1) is 10.5. The number of nitrogens with one attached hydrogen (secondary N) is 1. The standard InChI is InChI=1S/C15H12Cl2N2O2S/c1-18(6-9-2-3-22-7-9)8-19-14(20)10-4-12(16)13(17)5-11(10)15(19)21/h2-5,7H,6,8H2,1H3/p+1. The van der Waals surface area contributed by atoms with Gasteiger partial charge in [0.1, 0.15) is 6.54 Å². The van der Waals surface area contributed by atoms with Gasteiger partial charge in [0.25, 0.3) is 11.8 Å². The third-order valence-corrected chi connectivity index (χ3v) is 4.98. The van der Waals surface area contributed by atoms with Crippen molar-refractivity contribution in [3.8, 4) is 0 Å². The van der Waals surface area contributed by atoms with Gasteiger partial charge in [-0.05, 0) is 29.0 Å². The molecule has 1 unspecified atom stereocenters. The van der Waals surface area contributed by atoms with Crippen molar-refractivity contribution in [3.63, 3.8) is 0 Å². The van der Waals surface area contributed by atoms with Crippen LogP contribution in [0.15, 0.2) is 29.0 Å². The molecule has 0 aliphatic carbocycles. The topological polar surface area (TPSA) is 41.8 Å². The van der Waals surface area contributed by atoms with Gasteiger partial charge in [0.05, 0.1) is 28.2 Å². The molecular weight excluding hydrogens is 343 g/mol. The van der Waals surface area contributed by atoms with Crippen molar-refractivity contribution >= 4 is 46.4 Å². The lowest BCUT2D eigenvalue weighted by molar-refractivity contribution is -0.901. The molecule has 1 atom stereocenters. The molecule has 7 heteroatoms. The maximum absolute atomic E-state index is 12.4. The summed E-state index contributed by atoms with van der Waals surface area (Å²) < 4.78 is 0. The Morgan fingerprint density at radius 2 is 1.73 bits per heavy atom. The summed E-state index contributed by atoms with van der Waals surface area (Å²) >= 11 is 13.5. The van der Waals surface area contributed by atoms with E-state index in [0.29, 0.717) is 17.8 Å². The SMILES string of the molecule is C[NH+](Cc1ccsc1)CN1C(=O)c2cc(Cl)c(Cl)cc2C1=O. The van der Waals surface area contributed by atoms with Crippen molar-refractivity contribution in [1.82, 2.24) is 4.90 Å². The molecule has 1 N–H and O–H groups in total. The van der Waals surface area contributed by atoms with Gasteiger partial charge in [-0.2, -0.15) is 11.3 Å². The van der Waals surface area contributed by atoms with Crippen molar-refractivity contribution in [2.24, 2.45) is 0 Å². The normalized spacial score (nSPS) is 15.3. The van der Waals surface area contributed by atoms with Crippen LogP contribution in [0.5, 0.6) is 0 Å². The molecule has 0 saturated carbocycles. The van der Waals surface area contributed by atoms with Crippen LogP contribution in [-0.2, 0) is 6.54 Å². The second-order valence-corrected chi connectivity index (χ2v) is 6.87. The first-order valence-corrected chi connectivity index (χ1v) is 8.35. The summed E-state index contributed by atoms with van der Waals surface area (Å²) in [6.45, 7) is 1.05. The molecule has 1 aromatic carbocycles. The molecule has 1 aromatic heterocycles. The van der Waals surface area contributed by atoms with E-state index in [-0.39, 0.29) is 21.9 Å². The Bertz CT molecular complexity index is 705. The Labute approximate surface area is 141 Å². The molecular formula is C15H13Cl2N2O2S+. The van der Waals surface area contributed by atoms with Crippen LogP contribution in [0.25, 0.3) is 0 Å². The number of thiophene rings is 1. The van der Waals surface area contributed by atoms with Gasteiger partial charge in [0.2, 0.25) is 0 Å². The number of fused-ring (bicyclic) bond motifs is 1. The molecule has 2 aromatic rings. The number of nitrogens with zero attached hydrogens (tertiary/aromatic N) is 1. The number of hydrogen-bond donors (Lipinski definition) is 1. The predicted octanol–water partition coefficient (Wildman–Crippen LogP) is 2.32. The number of carbonyl (C=O) groups excluding carboxylic acids is 2. The fourth-order valence-electron chi connectivity index (χ4n) is 2.49. The highest BCUT2D eigenvalue weighted by molar-refractivity contribution is 7.07. The second kappa shape index (κ2) is 6.01. The zero-order chi connectivity index (χ0) is 15.9. The Morgan fingerprint density at radius 1 is 1.14 bits per heavy atom. The summed E-state index contributed by atoms with van der Waals surface area (Å²) in [4.78, 5) is 27.1. The zero-order valence-electron chi connectivity index (χ0n) is 11.7. The Kier molecular flexibility index (Phi) is 4.23. The highest BCUT2D eigenvalue weighted by Gasteiger charge is 2.38. The first-order valence-electron chi connectivity index (χ1n) is 6.65. The molecule has 2 heterocycles. The lowest BCUT2D eigenvalue weighted by Gasteiger charge is -2.19. The van der Waals surface area contributed by atoms with Gasteiger partial charge in [-0.25, -0.2) is 4.90 Å². The van der Waals surface area contributed by atoms with Crippen molar-refractivity contribution in [2.75, 3.05) is 13.7 Å². The van der Waals surface area contributed by atoms with Crippen LogP contribution in [-0.4, -0.2) is 30.4 Å². The minimum Gasteiger partial charge on any atom is -0.316 e. The van der Waals surface area contributed by atoms with E-state index in [1.807, 2.05) is 18.5 Å². The number of halogens is 2. The van der Waals surface area contributed by atoms with Gasteiger partial charge in [-0.15, -0.1) is 0 Å². The van der Waals surface area contributed by atoms with Gasteiger partial charge in [-0.1, -0.05) is 23.2 Å². The monoisotopic (exact) mass is 355 g/mol. The number of quaternary nitrogens is 1. The van der Waals surface area contributed by atoms with E-state index in [0.717, 1.165) is 11.4 Å². The molecule has 0 bridgehead atoms. The van der Waals surface area contributed by atoms with E-state index in [9.17, 15) is 9.59 Å². The molecule has 1 aliphatic heterocycles. The zero-order valence-corrected chi connectivity index (χ0v) is 14.1. The average Bonchev–Trinajstić information content (AvgIpc) is 3.04. The van der Waals surface area contributed by atoms with E-state index in [1.165, 1.54) is 22.6 Å². The minimum absolute atomic E-state index is 0.280. The number of hydrogen-bond acceptors (Lipinski definition) is 3. The van der Waals surface area contributed by atoms with Crippen molar-refractivity contribution < 1.29 is 14.5 Å². The van der Waals surface area contributed by atoms with Crippen LogP contribution in [0.3, 0.4) is 0 Å². The Balaban J connectivity index is 1.79. The fraction of sp³-hybridized carbons (Fsp3) is 0.200. The lowest BCUT2D eigenvalue weighted by Crippen LogP contribution is -3.09.